The standard InChI is InChI=1S/C16H15ClO2/c1-3-4-12-7-10-14(15(17)16(12)18)11-5-8-13(19-2)9-6-11/h3-10,18H,1-2H3/b4-3+. The van der Waals surface area contributed by atoms with Crippen molar-refractivity contribution in [3.63, 3.8) is 0 Å². The van der Waals surface area contributed by atoms with Crippen LogP contribution in [0.1, 0.15) is 12.5 Å². The van der Waals surface area contributed by atoms with Gasteiger partial charge in [-0.25, -0.2) is 0 Å². The number of allylic oxidation sites excluding steroid dienone is 1. The van der Waals surface area contributed by atoms with Gasteiger partial charge in [0.2, 0.25) is 0 Å². The molecule has 2 aromatic carbocycles. The van der Waals surface area contributed by atoms with E-state index in [-0.39, 0.29) is 5.75 Å². The van der Waals surface area contributed by atoms with E-state index in [0.717, 1.165) is 16.9 Å². The quantitative estimate of drug-likeness (QED) is 0.875. The van der Waals surface area contributed by atoms with Gasteiger partial charge in [-0.2, -0.15) is 0 Å². The molecular formula is C16H15ClO2. The lowest BCUT2D eigenvalue weighted by atomic mass is 10.0. The molecule has 0 bridgehead atoms. The van der Waals surface area contributed by atoms with Crippen LogP contribution in [0.5, 0.6) is 11.5 Å². The van der Waals surface area contributed by atoms with E-state index in [4.69, 9.17) is 16.3 Å². The van der Waals surface area contributed by atoms with Crippen molar-refractivity contribution in [1.82, 2.24) is 0 Å². The molecule has 0 aromatic heterocycles. The number of phenolic OH excluding ortho intramolecular Hbond substituents is 1. The van der Waals surface area contributed by atoms with Crippen molar-refractivity contribution in [2.24, 2.45) is 0 Å². The van der Waals surface area contributed by atoms with Crippen molar-refractivity contribution in [2.45, 2.75) is 6.92 Å². The van der Waals surface area contributed by atoms with Gasteiger partial charge in [0, 0.05) is 11.1 Å². The molecular weight excluding hydrogens is 260 g/mol. The predicted molar refractivity (Wildman–Crippen MR) is 79.8 cm³/mol. The molecule has 98 valence electrons. The lowest BCUT2D eigenvalue weighted by Crippen LogP contribution is -1.85. The van der Waals surface area contributed by atoms with Crippen molar-refractivity contribution in [3.8, 4) is 22.6 Å². The van der Waals surface area contributed by atoms with Gasteiger partial charge in [0.15, 0.2) is 0 Å². The largest absolute Gasteiger partial charge is 0.506 e. The highest BCUT2D eigenvalue weighted by Gasteiger charge is 2.10. The van der Waals surface area contributed by atoms with Gasteiger partial charge in [0.1, 0.15) is 11.5 Å². The highest BCUT2D eigenvalue weighted by molar-refractivity contribution is 6.35. The Bertz CT molecular complexity index is 601. The molecule has 3 heteroatoms. The molecule has 0 spiro atoms. The molecule has 1 N–H and O–H groups in total. The average molecular weight is 275 g/mol. The van der Waals surface area contributed by atoms with Crippen molar-refractivity contribution < 1.29 is 9.84 Å². The summed E-state index contributed by atoms with van der Waals surface area (Å²) in [5, 5.41) is 10.4. The Hall–Kier alpha value is -1.93. The van der Waals surface area contributed by atoms with Crippen LogP contribution in [0.25, 0.3) is 17.2 Å². The van der Waals surface area contributed by atoms with Crippen molar-refractivity contribution in [3.05, 3.63) is 53.1 Å². The average Bonchev–Trinajstić information content (AvgIpc) is 2.45. The van der Waals surface area contributed by atoms with Crippen LogP contribution >= 0.6 is 11.6 Å². The van der Waals surface area contributed by atoms with Gasteiger partial charge in [-0.1, -0.05) is 48.0 Å². The third-order valence-corrected chi connectivity index (χ3v) is 3.28. The number of rotatable bonds is 3. The monoisotopic (exact) mass is 274 g/mol. The Morgan fingerprint density at radius 2 is 1.79 bits per heavy atom. The molecule has 0 aliphatic rings. The smallest absolute Gasteiger partial charge is 0.142 e. The Kier molecular flexibility index (Phi) is 4.13. The fraction of sp³-hybridized carbons (Fsp3) is 0.125. The Balaban J connectivity index is 2.47. The second kappa shape index (κ2) is 5.81. The number of methoxy groups -OCH3 is 1. The maximum Gasteiger partial charge on any atom is 0.142 e. The second-order valence-electron chi connectivity index (χ2n) is 4.09. The van der Waals surface area contributed by atoms with Gasteiger partial charge >= 0.3 is 0 Å². The highest BCUT2D eigenvalue weighted by atomic mass is 35.5. The Morgan fingerprint density at radius 3 is 2.37 bits per heavy atom. The molecule has 0 aliphatic heterocycles. The molecule has 0 saturated heterocycles. The van der Waals surface area contributed by atoms with Gasteiger partial charge < -0.3 is 9.84 Å². The SMILES string of the molecule is C/C=C/c1ccc(-c2ccc(OC)cc2)c(Cl)c1O. The summed E-state index contributed by atoms with van der Waals surface area (Å²) >= 11 is 6.23. The summed E-state index contributed by atoms with van der Waals surface area (Å²) in [7, 11) is 1.62. The molecule has 2 aromatic rings. The summed E-state index contributed by atoms with van der Waals surface area (Å²) < 4.78 is 5.12. The number of benzene rings is 2. The number of hydrogen-bond donors (Lipinski definition) is 1. The second-order valence-corrected chi connectivity index (χ2v) is 4.47. The molecule has 0 amide bonds. The zero-order chi connectivity index (χ0) is 13.8. The normalized spacial score (nSPS) is 10.9. The minimum Gasteiger partial charge on any atom is -0.506 e. The van der Waals surface area contributed by atoms with Crippen LogP contribution in [-0.2, 0) is 0 Å². The van der Waals surface area contributed by atoms with Crippen LogP contribution in [0, 0.1) is 0 Å². The summed E-state index contributed by atoms with van der Waals surface area (Å²) in [6.07, 6.45) is 3.68. The topological polar surface area (TPSA) is 29.5 Å². The first-order valence-electron chi connectivity index (χ1n) is 5.96. The molecule has 2 nitrogen and oxygen atoms in total. The maximum absolute atomic E-state index is 10.1. The van der Waals surface area contributed by atoms with Gasteiger partial charge in [-0.05, 0) is 24.6 Å². The van der Waals surface area contributed by atoms with Crippen LogP contribution in [0.4, 0.5) is 0 Å². The third-order valence-electron chi connectivity index (χ3n) is 2.89. The molecule has 0 radical (unpaired) electrons. The maximum atomic E-state index is 10.1. The molecule has 0 fully saturated rings. The molecule has 0 unspecified atom stereocenters. The third kappa shape index (κ3) is 2.74. The predicted octanol–water partition coefficient (Wildman–Crippen LogP) is 4.75. The first-order chi connectivity index (χ1) is 9.17. The minimum absolute atomic E-state index is 0.105. The first-order valence-corrected chi connectivity index (χ1v) is 6.33. The highest BCUT2D eigenvalue weighted by Crippen LogP contribution is 2.38. The number of halogens is 1. The van der Waals surface area contributed by atoms with Gasteiger partial charge in [-0.15, -0.1) is 0 Å². The molecule has 0 aliphatic carbocycles. The first kappa shape index (κ1) is 13.5. The fourth-order valence-corrected chi connectivity index (χ4v) is 2.17. The number of hydrogen-bond acceptors (Lipinski definition) is 2. The lowest BCUT2D eigenvalue weighted by molar-refractivity contribution is 0.415. The number of ether oxygens (including phenoxy) is 1. The van der Waals surface area contributed by atoms with E-state index in [2.05, 4.69) is 0 Å². The zero-order valence-corrected chi connectivity index (χ0v) is 11.6. The molecule has 0 heterocycles. The van der Waals surface area contributed by atoms with Crippen LogP contribution < -0.4 is 4.74 Å². The van der Waals surface area contributed by atoms with E-state index >= 15 is 0 Å². The van der Waals surface area contributed by atoms with Crippen molar-refractivity contribution in [1.29, 1.82) is 0 Å². The zero-order valence-electron chi connectivity index (χ0n) is 10.9. The van der Waals surface area contributed by atoms with E-state index in [1.165, 1.54) is 0 Å². The van der Waals surface area contributed by atoms with Crippen LogP contribution in [0.3, 0.4) is 0 Å². The summed E-state index contributed by atoms with van der Waals surface area (Å²) in [4.78, 5) is 0. The van der Waals surface area contributed by atoms with E-state index in [9.17, 15) is 5.11 Å². The van der Waals surface area contributed by atoms with Gasteiger partial charge in [0.25, 0.3) is 0 Å². The molecule has 19 heavy (non-hydrogen) atoms. The van der Waals surface area contributed by atoms with E-state index < -0.39 is 0 Å². The van der Waals surface area contributed by atoms with Crippen molar-refractivity contribution >= 4 is 17.7 Å². The van der Waals surface area contributed by atoms with Crippen LogP contribution in [-0.4, -0.2) is 12.2 Å². The van der Waals surface area contributed by atoms with Gasteiger partial charge in [0.05, 0.1) is 12.1 Å². The van der Waals surface area contributed by atoms with Crippen molar-refractivity contribution in [2.75, 3.05) is 7.11 Å². The van der Waals surface area contributed by atoms with E-state index in [1.807, 2.05) is 55.5 Å². The summed E-state index contributed by atoms with van der Waals surface area (Å²) in [5.41, 5.74) is 2.45. The summed E-state index contributed by atoms with van der Waals surface area (Å²) in [6.45, 7) is 1.89. The Labute approximate surface area is 117 Å². The molecule has 0 atom stereocenters. The minimum atomic E-state index is 0.105. The van der Waals surface area contributed by atoms with E-state index in [1.54, 1.807) is 7.11 Å². The van der Waals surface area contributed by atoms with Gasteiger partial charge in [-0.3, -0.25) is 0 Å². The summed E-state index contributed by atoms with van der Waals surface area (Å²) in [5.74, 6) is 0.891. The number of aromatic hydroxyl groups is 1. The number of phenols is 1. The van der Waals surface area contributed by atoms with E-state index in [0.29, 0.717) is 10.6 Å². The molecule has 0 saturated carbocycles. The fourth-order valence-electron chi connectivity index (χ4n) is 1.89. The summed E-state index contributed by atoms with van der Waals surface area (Å²) in [6, 6.07) is 11.3. The van der Waals surface area contributed by atoms with Crippen LogP contribution in [0.15, 0.2) is 42.5 Å². The van der Waals surface area contributed by atoms with Crippen LogP contribution in [0.2, 0.25) is 5.02 Å². The molecule has 2 rings (SSSR count). The Morgan fingerprint density at radius 1 is 1.11 bits per heavy atom. The lowest BCUT2D eigenvalue weighted by Gasteiger charge is -2.09.